The summed E-state index contributed by atoms with van der Waals surface area (Å²) in [4.78, 5) is 23.1. The number of allylic oxidation sites excluding steroid dienone is 3. The molecule has 0 radical (unpaired) electrons. The van der Waals surface area contributed by atoms with Crippen LogP contribution in [0.4, 0.5) is 0 Å². The number of rotatable bonds is 8. The summed E-state index contributed by atoms with van der Waals surface area (Å²) < 4.78 is 5.07. The Morgan fingerprint density at radius 3 is 2.57 bits per heavy atom. The van der Waals surface area contributed by atoms with E-state index in [0.29, 0.717) is 12.3 Å². The Labute approximate surface area is 141 Å². The maximum absolute atomic E-state index is 11.7. The first kappa shape index (κ1) is 18.8. The van der Waals surface area contributed by atoms with E-state index in [1.165, 1.54) is 23.9 Å². The number of amides is 1. The minimum Gasteiger partial charge on any atom is -0.497 e. The van der Waals surface area contributed by atoms with Gasteiger partial charge in [0.05, 0.1) is 7.11 Å². The third-order valence-corrected chi connectivity index (χ3v) is 3.55. The van der Waals surface area contributed by atoms with Gasteiger partial charge in [-0.2, -0.15) is 0 Å². The summed E-state index contributed by atoms with van der Waals surface area (Å²) in [5.74, 6) is 1.14. The molecule has 0 saturated heterocycles. The minimum atomic E-state index is -0.182. The molecular weight excluding hydrogens is 310 g/mol. The predicted molar refractivity (Wildman–Crippen MR) is 96.5 cm³/mol. The maximum Gasteiger partial charge on any atom is 0.244 e. The molecule has 5 heteroatoms. The highest BCUT2D eigenvalue weighted by atomic mass is 32.2. The fraction of sp³-hybridized carbons (Fsp3) is 0.222. The number of carbonyl (C=O) groups is 2. The van der Waals surface area contributed by atoms with Crippen LogP contribution in [0.5, 0.6) is 5.75 Å². The van der Waals surface area contributed by atoms with Crippen molar-refractivity contribution >= 4 is 28.9 Å². The van der Waals surface area contributed by atoms with E-state index in [1.807, 2.05) is 37.3 Å². The Kier molecular flexibility index (Phi) is 9.24. The summed E-state index contributed by atoms with van der Waals surface area (Å²) in [5, 5.41) is 2.71. The molecule has 4 nitrogen and oxygen atoms in total. The standard InChI is InChI=1S/C18H21NO3S/c1-3-4-5-6-18(21)23-14-13-19-17(20)12-9-15-7-10-16(22-2)11-8-15/h3-12H,13-14H2,1-2H3,(H,19,20)/b4-3+,6-5+,12-9+. The van der Waals surface area contributed by atoms with Crippen molar-refractivity contribution in [2.75, 3.05) is 19.4 Å². The number of carbonyl (C=O) groups excluding carboxylic acids is 2. The summed E-state index contributed by atoms with van der Waals surface area (Å²) in [6, 6.07) is 7.41. The second-order valence-corrected chi connectivity index (χ2v) is 5.55. The molecule has 122 valence electrons. The zero-order chi connectivity index (χ0) is 16.9. The van der Waals surface area contributed by atoms with Crippen LogP contribution in [0, 0.1) is 0 Å². The molecule has 0 heterocycles. The van der Waals surface area contributed by atoms with Crippen LogP contribution >= 0.6 is 11.8 Å². The second kappa shape index (κ2) is 11.3. The lowest BCUT2D eigenvalue weighted by atomic mass is 10.2. The highest BCUT2D eigenvalue weighted by Crippen LogP contribution is 2.12. The molecule has 0 atom stereocenters. The van der Waals surface area contributed by atoms with Crippen LogP contribution in [0.2, 0.25) is 0 Å². The fourth-order valence-corrected chi connectivity index (χ4v) is 2.15. The van der Waals surface area contributed by atoms with Gasteiger partial charge in [0.25, 0.3) is 0 Å². The van der Waals surface area contributed by atoms with Gasteiger partial charge in [0.2, 0.25) is 11.0 Å². The normalized spacial score (nSPS) is 11.4. The van der Waals surface area contributed by atoms with Gasteiger partial charge in [-0.05, 0) is 36.8 Å². The quantitative estimate of drug-likeness (QED) is 0.451. The number of ether oxygens (including phenoxy) is 1. The topological polar surface area (TPSA) is 55.4 Å². The molecule has 23 heavy (non-hydrogen) atoms. The molecule has 0 saturated carbocycles. The highest BCUT2D eigenvalue weighted by Gasteiger charge is 1.99. The molecule has 0 spiro atoms. The Morgan fingerprint density at radius 2 is 1.91 bits per heavy atom. The lowest BCUT2D eigenvalue weighted by molar-refractivity contribution is -0.116. The van der Waals surface area contributed by atoms with E-state index in [9.17, 15) is 9.59 Å². The van der Waals surface area contributed by atoms with E-state index in [-0.39, 0.29) is 11.0 Å². The Hall–Kier alpha value is -2.27. The summed E-state index contributed by atoms with van der Waals surface area (Å²) in [5.41, 5.74) is 0.916. The van der Waals surface area contributed by atoms with E-state index in [2.05, 4.69) is 5.32 Å². The Morgan fingerprint density at radius 1 is 1.17 bits per heavy atom. The minimum absolute atomic E-state index is 0.0221. The van der Waals surface area contributed by atoms with E-state index in [1.54, 1.807) is 25.3 Å². The number of nitrogens with one attached hydrogen (secondary N) is 1. The molecule has 1 rings (SSSR count). The zero-order valence-corrected chi connectivity index (χ0v) is 14.1. The van der Waals surface area contributed by atoms with Gasteiger partial charge in [0.1, 0.15) is 5.75 Å². The van der Waals surface area contributed by atoms with Crippen molar-refractivity contribution in [3.05, 3.63) is 60.2 Å². The van der Waals surface area contributed by atoms with E-state index >= 15 is 0 Å². The number of hydrogen-bond acceptors (Lipinski definition) is 4. The molecular formula is C18H21NO3S. The van der Waals surface area contributed by atoms with Crippen LogP contribution in [0.1, 0.15) is 12.5 Å². The van der Waals surface area contributed by atoms with Gasteiger partial charge in [-0.1, -0.05) is 42.1 Å². The van der Waals surface area contributed by atoms with Crippen molar-refractivity contribution in [3.63, 3.8) is 0 Å². The Bertz CT molecular complexity index is 589. The van der Waals surface area contributed by atoms with Crippen molar-refractivity contribution in [1.82, 2.24) is 5.32 Å². The van der Waals surface area contributed by atoms with Crippen LogP contribution in [-0.4, -0.2) is 30.4 Å². The van der Waals surface area contributed by atoms with Crippen LogP contribution in [-0.2, 0) is 9.59 Å². The smallest absolute Gasteiger partial charge is 0.244 e. The molecule has 1 aromatic rings. The molecule has 0 aliphatic heterocycles. The van der Waals surface area contributed by atoms with E-state index < -0.39 is 0 Å². The van der Waals surface area contributed by atoms with Gasteiger partial charge in [-0.15, -0.1) is 0 Å². The number of thioether (sulfide) groups is 1. The first-order chi connectivity index (χ1) is 11.2. The SMILES string of the molecule is C/C=C/C=C/C(=O)SCCNC(=O)/C=C/c1ccc(OC)cc1. The zero-order valence-electron chi connectivity index (χ0n) is 13.3. The van der Waals surface area contributed by atoms with Gasteiger partial charge in [-0.25, -0.2) is 0 Å². The first-order valence-corrected chi connectivity index (χ1v) is 8.20. The van der Waals surface area contributed by atoms with Crippen molar-refractivity contribution in [3.8, 4) is 5.75 Å². The summed E-state index contributed by atoms with van der Waals surface area (Å²) >= 11 is 1.18. The van der Waals surface area contributed by atoms with Gasteiger partial charge >= 0.3 is 0 Å². The summed E-state index contributed by atoms with van der Waals surface area (Å²) in [7, 11) is 1.61. The first-order valence-electron chi connectivity index (χ1n) is 7.22. The Balaban J connectivity index is 2.25. The average Bonchev–Trinajstić information content (AvgIpc) is 2.57. The molecule has 1 amide bonds. The molecule has 1 aromatic carbocycles. The fourth-order valence-electron chi connectivity index (χ4n) is 1.57. The molecule has 0 aliphatic rings. The van der Waals surface area contributed by atoms with E-state index in [4.69, 9.17) is 4.74 Å². The van der Waals surface area contributed by atoms with Crippen molar-refractivity contribution < 1.29 is 14.3 Å². The van der Waals surface area contributed by atoms with Gasteiger partial charge in [0.15, 0.2) is 0 Å². The number of methoxy groups -OCH3 is 1. The lowest BCUT2D eigenvalue weighted by Gasteiger charge is -2.01. The molecule has 1 N–H and O–H groups in total. The third-order valence-electron chi connectivity index (χ3n) is 2.72. The largest absolute Gasteiger partial charge is 0.497 e. The number of hydrogen-bond donors (Lipinski definition) is 1. The van der Waals surface area contributed by atoms with Crippen LogP contribution in [0.15, 0.2) is 54.6 Å². The van der Waals surface area contributed by atoms with E-state index in [0.717, 1.165) is 11.3 Å². The highest BCUT2D eigenvalue weighted by molar-refractivity contribution is 8.14. The molecule has 0 unspecified atom stereocenters. The van der Waals surface area contributed by atoms with Crippen molar-refractivity contribution in [1.29, 1.82) is 0 Å². The van der Waals surface area contributed by atoms with Gasteiger partial charge in [0, 0.05) is 18.4 Å². The van der Waals surface area contributed by atoms with Crippen molar-refractivity contribution in [2.24, 2.45) is 0 Å². The predicted octanol–water partition coefficient (Wildman–Crippen LogP) is 3.22. The summed E-state index contributed by atoms with van der Waals surface area (Å²) in [6.07, 6.45) is 10.1. The molecule has 0 bridgehead atoms. The third kappa shape index (κ3) is 8.68. The van der Waals surface area contributed by atoms with Gasteiger partial charge < -0.3 is 10.1 Å². The van der Waals surface area contributed by atoms with Crippen LogP contribution in [0.25, 0.3) is 6.08 Å². The van der Waals surface area contributed by atoms with Crippen molar-refractivity contribution in [2.45, 2.75) is 6.92 Å². The van der Waals surface area contributed by atoms with Crippen LogP contribution in [0.3, 0.4) is 0 Å². The van der Waals surface area contributed by atoms with Gasteiger partial charge in [-0.3, -0.25) is 9.59 Å². The monoisotopic (exact) mass is 331 g/mol. The maximum atomic E-state index is 11.7. The molecule has 0 fully saturated rings. The second-order valence-electron chi connectivity index (χ2n) is 4.45. The number of benzene rings is 1. The van der Waals surface area contributed by atoms with Crippen LogP contribution < -0.4 is 10.1 Å². The molecule has 0 aromatic heterocycles. The lowest BCUT2D eigenvalue weighted by Crippen LogP contribution is -2.23. The molecule has 0 aliphatic carbocycles. The average molecular weight is 331 g/mol. The summed E-state index contributed by atoms with van der Waals surface area (Å²) in [6.45, 7) is 2.33.